The van der Waals surface area contributed by atoms with Gasteiger partial charge in [0.15, 0.2) is 12.1 Å². The molecule has 0 unspecified atom stereocenters. The minimum atomic E-state index is -0.485. The van der Waals surface area contributed by atoms with E-state index >= 15 is 0 Å². The number of benzene rings is 1. The quantitative estimate of drug-likeness (QED) is 0.643. The topological polar surface area (TPSA) is 74.5 Å². The van der Waals surface area contributed by atoms with Crippen LogP contribution < -0.4 is 4.74 Å². The molecule has 0 fully saturated rings. The van der Waals surface area contributed by atoms with Gasteiger partial charge in [0.2, 0.25) is 0 Å². The summed E-state index contributed by atoms with van der Waals surface area (Å²) in [6, 6.07) is 7.58. The van der Waals surface area contributed by atoms with Gasteiger partial charge in [-0.25, -0.2) is 14.8 Å². The molecule has 0 aliphatic heterocycles. The van der Waals surface area contributed by atoms with Crippen LogP contribution in [0.5, 0.6) is 5.75 Å². The fourth-order valence-electron chi connectivity index (χ4n) is 1.88. The number of ether oxygens (including phenoxy) is 2. The Kier molecular flexibility index (Phi) is 4.68. The van der Waals surface area contributed by atoms with Gasteiger partial charge < -0.3 is 13.9 Å². The van der Waals surface area contributed by atoms with Crippen LogP contribution in [0.4, 0.5) is 0 Å². The highest BCUT2D eigenvalue weighted by Gasteiger charge is 2.14. The number of carbonyl (C=O) groups is 1. The summed E-state index contributed by atoms with van der Waals surface area (Å²) in [5.41, 5.74) is 1.76. The molecule has 0 saturated carbocycles. The first-order chi connectivity index (χ1) is 11.3. The zero-order valence-corrected chi connectivity index (χ0v) is 13.2. The first-order valence-corrected chi connectivity index (χ1v) is 7.87. The van der Waals surface area contributed by atoms with Crippen LogP contribution in [0, 0.1) is 0 Å². The predicted octanol–water partition coefficient (Wildman–Crippen LogP) is 3.55. The van der Waals surface area contributed by atoms with E-state index in [-0.39, 0.29) is 12.3 Å². The Bertz CT molecular complexity index is 766. The third kappa shape index (κ3) is 3.75. The monoisotopic (exact) mass is 330 g/mol. The van der Waals surface area contributed by atoms with E-state index < -0.39 is 5.97 Å². The highest BCUT2D eigenvalue weighted by molar-refractivity contribution is 7.13. The van der Waals surface area contributed by atoms with Crippen LogP contribution in [0.25, 0.3) is 10.6 Å². The molecular weight excluding hydrogens is 316 g/mol. The molecule has 0 atom stereocenters. The standard InChI is InChI=1S/C16H14N2O4S/c1-2-21-13-5-3-11(4-6-13)15-18-14(9-23-15)16(19)22-8-12-7-20-10-17-12/h3-7,9-10H,2,8H2,1H3. The van der Waals surface area contributed by atoms with Gasteiger partial charge >= 0.3 is 5.97 Å². The van der Waals surface area contributed by atoms with Crippen molar-refractivity contribution in [2.45, 2.75) is 13.5 Å². The third-order valence-corrected chi connectivity index (χ3v) is 3.85. The second-order valence-corrected chi connectivity index (χ2v) is 5.41. The Balaban J connectivity index is 1.66. The molecule has 0 spiro atoms. The maximum Gasteiger partial charge on any atom is 0.358 e. The lowest BCUT2D eigenvalue weighted by molar-refractivity contribution is 0.0462. The van der Waals surface area contributed by atoms with E-state index in [9.17, 15) is 4.79 Å². The predicted molar refractivity (Wildman–Crippen MR) is 84.3 cm³/mol. The number of nitrogens with zero attached hydrogens (tertiary/aromatic N) is 2. The summed E-state index contributed by atoms with van der Waals surface area (Å²) in [7, 11) is 0. The van der Waals surface area contributed by atoms with E-state index in [0.717, 1.165) is 16.3 Å². The van der Waals surface area contributed by atoms with Crippen LogP contribution >= 0.6 is 11.3 Å². The molecule has 0 aliphatic rings. The summed E-state index contributed by atoms with van der Waals surface area (Å²) in [6.45, 7) is 2.62. The summed E-state index contributed by atoms with van der Waals surface area (Å²) in [5.74, 6) is 0.321. The number of carbonyl (C=O) groups excluding carboxylic acids is 1. The number of thiazole rings is 1. The second kappa shape index (κ2) is 7.06. The van der Waals surface area contributed by atoms with Crippen LogP contribution in [-0.4, -0.2) is 22.5 Å². The second-order valence-electron chi connectivity index (χ2n) is 4.55. The van der Waals surface area contributed by atoms with Crippen molar-refractivity contribution >= 4 is 17.3 Å². The number of oxazole rings is 1. The van der Waals surface area contributed by atoms with Crippen molar-refractivity contribution in [2.24, 2.45) is 0 Å². The van der Waals surface area contributed by atoms with Crippen molar-refractivity contribution in [3.63, 3.8) is 0 Å². The van der Waals surface area contributed by atoms with Gasteiger partial charge in [-0.3, -0.25) is 0 Å². The molecule has 7 heteroatoms. The molecule has 0 bridgehead atoms. The van der Waals surface area contributed by atoms with E-state index in [4.69, 9.17) is 13.9 Å². The summed E-state index contributed by atoms with van der Waals surface area (Å²) in [4.78, 5) is 20.2. The van der Waals surface area contributed by atoms with Gasteiger partial charge in [-0.2, -0.15) is 0 Å². The molecule has 0 amide bonds. The number of aromatic nitrogens is 2. The van der Waals surface area contributed by atoms with E-state index in [1.165, 1.54) is 24.0 Å². The zero-order chi connectivity index (χ0) is 16.1. The highest BCUT2D eigenvalue weighted by atomic mass is 32.1. The highest BCUT2D eigenvalue weighted by Crippen LogP contribution is 2.26. The lowest BCUT2D eigenvalue weighted by Gasteiger charge is -2.03. The van der Waals surface area contributed by atoms with Crippen molar-refractivity contribution in [3.8, 4) is 16.3 Å². The average molecular weight is 330 g/mol. The fraction of sp³-hybridized carbons (Fsp3) is 0.188. The van der Waals surface area contributed by atoms with Crippen molar-refractivity contribution in [2.75, 3.05) is 6.61 Å². The van der Waals surface area contributed by atoms with Crippen molar-refractivity contribution < 1.29 is 18.7 Å². The molecule has 1 aromatic carbocycles. The molecule has 3 rings (SSSR count). The van der Waals surface area contributed by atoms with E-state index in [1.807, 2.05) is 31.2 Å². The summed E-state index contributed by atoms with van der Waals surface area (Å²) in [6.07, 6.45) is 2.72. The molecule has 23 heavy (non-hydrogen) atoms. The maximum atomic E-state index is 12.0. The van der Waals surface area contributed by atoms with Gasteiger partial charge in [0.05, 0.1) is 6.61 Å². The number of hydrogen-bond donors (Lipinski definition) is 0. The Hall–Kier alpha value is -2.67. The molecule has 2 heterocycles. The lowest BCUT2D eigenvalue weighted by Crippen LogP contribution is -2.05. The first kappa shape index (κ1) is 15.2. The van der Waals surface area contributed by atoms with Gasteiger partial charge in [-0.1, -0.05) is 0 Å². The molecule has 118 valence electrons. The van der Waals surface area contributed by atoms with Gasteiger partial charge in [-0.15, -0.1) is 11.3 Å². The van der Waals surface area contributed by atoms with Gasteiger partial charge in [0.1, 0.15) is 29.3 Å². The van der Waals surface area contributed by atoms with Crippen LogP contribution in [0.15, 0.2) is 46.7 Å². The Morgan fingerprint density at radius 1 is 1.30 bits per heavy atom. The SMILES string of the molecule is CCOc1ccc(-c2nc(C(=O)OCc3cocn3)cs2)cc1. The van der Waals surface area contributed by atoms with Crippen LogP contribution in [0.3, 0.4) is 0 Å². The minimum absolute atomic E-state index is 0.0608. The van der Waals surface area contributed by atoms with Crippen LogP contribution in [0.1, 0.15) is 23.1 Å². The van der Waals surface area contributed by atoms with Crippen molar-refractivity contribution in [3.05, 3.63) is 53.7 Å². The molecular formula is C16H14N2O4S. The van der Waals surface area contributed by atoms with Crippen molar-refractivity contribution in [1.29, 1.82) is 0 Å². The number of hydrogen-bond acceptors (Lipinski definition) is 7. The molecule has 2 aromatic heterocycles. The molecule has 0 radical (unpaired) electrons. The largest absolute Gasteiger partial charge is 0.494 e. The molecule has 3 aromatic rings. The number of esters is 1. The molecule has 0 N–H and O–H groups in total. The molecule has 0 aliphatic carbocycles. The van der Waals surface area contributed by atoms with Crippen LogP contribution in [0.2, 0.25) is 0 Å². The average Bonchev–Trinajstić information content (AvgIpc) is 3.25. The van der Waals surface area contributed by atoms with Gasteiger partial charge in [-0.05, 0) is 31.2 Å². The summed E-state index contributed by atoms with van der Waals surface area (Å²) in [5, 5.41) is 2.43. The zero-order valence-electron chi connectivity index (χ0n) is 12.4. The van der Waals surface area contributed by atoms with E-state index in [2.05, 4.69) is 9.97 Å². The van der Waals surface area contributed by atoms with E-state index in [1.54, 1.807) is 5.38 Å². The first-order valence-electron chi connectivity index (χ1n) is 6.99. The fourth-order valence-corrected chi connectivity index (χ4v) is 2.68. The molecule has 0 saturated heterocycles. The Morgan fingerprint density at radius 3 is 2.83 bits per heavy atom. The summed E-state index contributed by atoms with van der Waals surface area (Å²) >= 11 is 1.39. The van der Waals surface area contributed by atoms with Crippen LogP contribution in [-0.2, 0) is 11.3 Å². The van der Waals surface area contributed by atoms with E-state index in [0.29, 0.717) is 12.3 Å². The normalized spacial score (nSPS) is 10.5. The molecule has 6 nitrogen and oxygen atoms in total. The summed E-state index contributed by atoms with van der Waals surface area (Å²) < 4.78 is 15.4. The number of rotatable bonds is 6. The lowest BCUT2D eigenvalue weighted by atomic mass is 10.2. The van der Waals surface area contributed by atoms with Gasteiger partial charge in [0.25, 0.3) is 0 Å². The Labute approximate surface area is 136 Å². The van der Waals surface area contributed by atoms with Gasteiger partial charge in [0, 0.05) is 10.9 Å². The Morgan fingerprint density at radius 2 is 2.13 bits per heavy atom. The smallest absolute Gasteiger partial charge is 0.358 e. The van der Waals surface area contributed by atoms with Crippen molar-refractivity contribution in [1.82, 2.24) is 9.97 Å². The third-order valence-electron chi connectivity index (χ3n) is 2.96. The minimum Gasteiger partial charge on any atom is -0.494 e. The maximum absolute atomic E-state index is 12.0.